The standard InChI is InChI=1S/C18H16BrClO3/c1-2-8-23-17-13(9-14(20)11-16(17)19)10-15(18(21)22)12-6-4-3-5-7-12/h3-7,9-11H,2,8H2,1H3,(H,21,22)/b15-10-. The van der Waals surface area contributed by atoms with Crippen molar-refractivity contribution in [3.8, 4) is 5.75 Å². The summed E-state index contributed by atoms with van der Waals surface area (Å²) in [4.78, 5) is 11.6. The second-order valence-electron chi connectivity index (χ2n) is 4.88. The molecule has 0 saturated heterocycles. The summed E-state index contributed by atoms with van der Waals surface area (Å²) < 4.78 is 6.44. The van der Waals surface area contributed by atoms with Crippen LogP contribution in [0.25, 0.3) is 11.6 Å². The Labute approximate surface area is 148 Å². The molecule has 0 aliphatic carbocycles. The average molecular weight is 396 g/mol. The lowest BCUT2D eigenvalue weighted by molar-refractivity contribution is -0.130. The highest BCUT2D eigenvalue weighted by atomic mass is 79.9. The first-order valence-electron chi connectivity index (χ1n) is 7.15. The summed E-state index contributed by atoms with van der Waals surface area (Å²) in [5.41, 5.74) is 1.43. The monoisotopic (exact) mass is 394 g/mol. The molecular formula is C18H16BrClO3. The summed E-state index contributed by atoms with van der Waals surface area (Å²) in [6, 6.07) is 12.4. The van der Waals surface area contributed by atoms with Crippen molar-refractivity contribution in [2.45, 2.75) is 13.3 Å². The first kappa shape index (κ1) is 17.6. The third-order valence-corrected chi connectivity index (χ3v) is 3.91. The number of hydrogen-bond acceptors (Lipinski definition) is 2. The highest BCUT2D eigenvalue weighted by molar-refractivity contribution is 9.10. The van der Waals surface area contributed by atoms with Crippen LogP contribution in [0.1, 0.15) is 24.5 Å². The van der Waals surface area contributed by atoms with E-state index in [-0.39, 0.29) is 5.57 Å². The predicted octanol–water partition coefficient (Wildman–Crippen LogP) is 5.52. The van der Waals surface area contributed by atoms with Crippen LogP contribution in [0.15, 0.2) is 46.9 Å². The van der Waals surface area contributed by atoms with E-state index in [1.54, 1.807) is 42.5 Å². The van der Waals surface area contributed by atoms with Gasteiger partial charge in [-0.1, -0.05) is 48.9 Å². The van der Waals surface area contributed by atoms with Gasteiger partial charge in [0.25, 0.3) is 0 Å². The fourth-order valence-electron chi connectivity index (χ4n) is 2.09. The quantitative estimate of drug-likeness (QED) is 0.518. The van der Waals surface area contributed by atoms with Crippen molar-refractivity contribution in [1.82, 2.24) is 0 Å². The molecule has 5 heteroatoms. The van der Waals surface area contributed by atoms with Gasteiger partial charge in [0.2, 0.25) is 0 Å². The lowest BCUT2D eigenvalue weighted by atomic mass is 10.0. The van der Waals surface area contributed by atoms with Gasteiger partial charge >= 0.3 is 5.97 Å². The largest absolute Gasteiger partial charge is 0.492 e. The Morgan fingerprint density at radius 2 is 2.00 bits per heavy atom. The number of halogens is 2. The van der Waals surface area contributed by atoms with E-state index in [1.165, 1.54) is 0 Å². The van der Waals surface area contributed by atoms with Crippen LogP contribution >= 0.6 is 27.5 Å². The predicted molar refractivity (Wildman–Crippen MR) is 96.9 cm³/mol. The van der Waals surface area contributed by atoms with Crippen LogP contribution < -0.4 is 4.74 Å². The molecule has 0 aliphatic rings. The maximum atomic E-state index is 11.6. The number of carbonyl (C=O) groups is 1. The fraction of sp³-hybridized carbons (Fsp3) is 0.167. The zero-order valence-electron chi connectivity index (χ0n) is 12.6. The lowest BCUT2D eigenvalue weighted by Crippen LogP contribution is -2.01. The van der Waals surface area contributed by atoms with Crippen molar-refractivity contribution in [3.05, 3.63) is 63.1 Å². The van der Waals surface area contributed by atoms with Crippen LogP contribution in [0.4, 0.5) is 0 Å². The first-order valence-corrected chi connectivity index (χ1v) is 8.32. The number of hydrogen-bond donors (Lipinski definition) is 1. The van der Waals surface area contributed by atoms with Crippen LogP contribution in [0.5, 0.6) is 5.75 Å². The molecule has 0 amide bonds. The van der Waals surface area contributed by atoms with E-state index in [9.17, 15) is 9.90 Å². The van der Waals surface area contributed by atoms with Crippen molar-refractivity contribution in [1.29, 1.82) is 0 Å². The van der Waals surface area contributed by atoms with E-state index >= 15 is 0 Å². The normalized spacial score (nSPS) is 11.3. The van der Waals surface area contributed by atoms with Gasteiger partial charge in [-0.15, -0.1) is 0 Å². The number of benzene rings is 2. The molecule has 23 heavy (non-hydrogen) atoms. The van der Waals surface area contributed by atoms with Crippen molar-refractivity contribution >= 4 is 45.1 Å². The van der Waals surface area contributed by atoms with Gasteiger partial charge in [0, 0.05) is 10.6 Å². The molecule has 2 aromatic carbocycles. The Morgan fingerprint density at radius 1 is 1.30 bits per heavy atom. The van der Waals surface area contributed by atoms with Gasteiger partial charge in [-0.3, -0.25) is 0 Å². The molecule has 0 saturated carbocycles. The molecule has 3 nitrogen and oxygen atoms in total. The SMILES string of the molecule is CCCOc1c(Br)cc(Cl)cc1/C=C(\C(=O)O)c1ccccc1. The van der Waals surface area contributed by atoms with Crippen LogP contribution in [-0.4, -0.2) is 17.7 Å². The molecule has 0 unspecified atom stereocenters. The van der Waals surface area contributed by atoms with Crippen LogP contribution in [-0.2, 0) is 4.79 Å². The maximum Gasteiger partial charge on any atom is 0.336 e. The molecule has 120 valence electrons. The van der Waals surface area contributed by atoms with E-state index in [0.29, 0.717) is 33.0 Å². The topological polar surface area (TPSA) is 46.5 Å². The van der Waals surface area contributed by atoms with E-state index < -0.39 is 5.97 Å². The third-order valence-electron chi connectivity index (χ3n) is 3.10. The molecule has 2 rings (SSSR count). The van der Waals surface area contributed by atoms with Crippen molar-refractivity contribution in [2.75, 3.05) is 6.61 Å². The van der Waals surface area contributed by atoms with E-state index in [1.807, 2.05) is 13.0 Å². The molecule has 0 atom stereocenters. The van der Waals surface area contributed by atoms with Gasteiger partial charge in [-0.25, -0.2) is 4.79 Å². The highest BCUT2D eigenvalue weighted by Crippen LogP contribution is 2.35. The first-order chi connectivity index (χ1) is 11.0. The molecule has 2 aromatic rings. The van der Waals surface area contributed by atoms with Crippen molar-refractivity contribution < 1.29 is 14.6 Å². The summed E-state index contributed by atoms with van der Waals surface area (Å²) in [5.74, 6) is -0.417. The molecule has 0 fully saturated rings. The maximum absolute atomic E-state index is 11.6. The second-order valence-corrected chi connectivity index (χ2v) is 6.17. The molecular weight excluding hydrogens is 380 g/mol. The minimum absolute atomic E-state index is 0.182. The summed E-state index contributed by atoms with van der Waals surface area (Å²) >= 11 is 9.53. The van der Waals surface area contributed by atoms with Gasteiger partial charge < -0.3 is 9.84 Å². The summed E-state index contributed by atoms with van der Waals surface area (Å²) in [6.45, 7) is 2.54. The molecule has 0 bridgehead atoms. The lowest BCUT2D eigenvalue weighted by Gasteiger charge is -2.12. The van der Waals surface area contributed by atoms with Crippen molar-refractivity contribution in [2.24, 2.45) is 0 Å². The van der Waals surface area contributed by atoms with E-state index in [2.05, 4.69) is 15.9 Å². The van der Waals surface area contributed by atoms with Crippen molar-refractivity contribution in [3.63, 3.8) is 0 Å². The Balaban J connectivity index is 2.56. The smallest absolute Gasteiger partial charge is 0.336 e. The fourth-order valence-corrected chi connectivity index (χ4v) is 3.03. The Kier molecular flexibility index (Phi) is 6.25. The van der Waals surface area contributed by atoms with E-state index in [0.717, 1.165) is 6.42 Å². The number of carboxylic acid groups (broad SMARTS) is 1. The second kappa shape index (κ2) is 8.18. The van der Waals surface area contributed by atoms with Crippen LogP contribution in [0, 0.1) is 0 Å². The Bertz CT molecular complexity index is 727. The summed E-state index contributed by atoms with van der Waals surface area (Å²) in [6.07, 6.45) is 2.43. The van der Waals surface area contributed by atoms with Gasteiger partial charge in [-0.2, -0.15) is 0 Å². The molecule has 0 aromatic heterocycles. The Hall–Kier alpha value is -1.78. The summed E-state index contributed by atoms with van der Waals surface area (Å²) in [5, 5.41) is 10.0. The molecule has 0 aliphatic heterocycles. The number of aliphatic carboxylic acids is 1. The minimum atomic E-state index is -1.01. The zero-order chi connectivity index (χ0) is 16.8. The molecule has 0 radical (unpaired) electrons. The summed E-state index contributed by atoms with van der Waals surface area (Å²) in [7, 11) is 0. The van der Waals surface area contributed by atoms with Crippen LogP contribution in [0.3, 0.4) is 0 Å². The van der Waals surface area contributed by atoms with Crippen LogP contribution in [0.2, 0.25) is 5.02 Å². The highest BCUT2D eigenvalue weighted by Gasteiger charge is 2.14. The van der Waals surface area contributed by atoms with Gasteiger partial charge in [0.1, 0.15) is 5.75 Å². The average Bonchev–Trinajstić information content (AvgIpc) is 2.52. The number of rotatable bonds is 6. The Morgan fingerprint density at radius 3 is 2.61 bits per heavy atom. The van der Waals surface area contributed by atoms with Gasteiger partial charge in [-0.05, 0) is 46.1 Å². The van der Waals surface area contributed by atoms with Gasteiger partial charge in [0.15, 0.2) is 0 Å². The zero-order valence-corrected chi connectivity index (χ0v) is 14.9. The molecule has 0 heterocycles. The number of ether oxygens (including phenoxy) is 1. The van der Waals surface area contributed by atoms with Gasteiger partial charge in [0.05, 0.1) is 16.7 Å². The minimum Gasteiger partial charge on any atom is -0.492 e. The third kappa shape index (κ3) is 4.60. The van der Waals surface area contributed by atoms with E-state index in [4.69, 9.17) is 16.3 Å². The number of carboxylic acids is 1. The molecule has 1 N–H and O–H groups in total. The molecule has 0 spiro atoms.